The van der Waals surface area contributed by atoms with Crippen LogP contribution in [0.1, 0.15) is 17.5 Å². The number of anilines is 1. The van der Waals surface area contributed by atoms with Gasteiger partial charge in [0.2, 0.25) is 0 Å². The molecule has 2 aromatic carbocycles. The van der Waals surface area contributed by atoms with E-state index in [0.717, 1.165) is 6.07 Å². The fraction of sp³-hybridized carbons (Fsp3) is 0.316. The van der Waals surface area contributed by atoms with E-state index in [0.29, 0.717) is 36.3 Å². The van der Waals surface area contributed by atoms with Gasteiger partial charge in [-0.2, -0.15) is 0 Å². The molecule has 1 unspecified atom stereocenters. The number of aryl methyl sites for hydroxylation is 1. The molecular weight excluding hydrogens is 343 g/mol. The summed E-state index contributed by atoms with van der Waals surface area (Å²) in [5, 5.41) is 5.51. The highest BCUT2D eigenvalue weighted by Gasteiger charge is 2.25. The zero-order valence-electron chi connectivity index (χ0n) is 14.4. The molecule has 1 heterocycles. The predicted molar refractivity (Wildman–Crippen MR) is 93.5 cm³/mol. The van der Waals surface area contributed by atoms with Crippen LogP contribution < -0.4 is 15.5 Å². The molecule has 1 fully saturated rings. The largest absolute Gasteiger partial charge is 0.367 e. The standard InChI is InChI=1S/C19H20F3N3O/c1-12-2-3-13(8-16(12)21)10-23-19(26)24-15-6-7-25(11-15)18-5-4-14(20)9-17(18)22/h2-5,8-9,15H,6-7,10-11H2,1H3,(H2,23,24,26). The molecule has 1 aliphatic rings. The molecule has 26 heavy (non-hydrogen) atoms. The number of urea groups is 1. The Hall–Kier alpha value is -2.70. The van der Waals surface area contributed by atoms with Gasteiger partial charge in [0.1, 0.15) is 17.5 Å². The Balaban J connectivity index is 1.50. The van der Waals surface area contributed by atoms with Gasteiger partial charge in [-0.05, 0) is 42.7 Å². The van der Waals surface area contributed by atoms with Crippen molar-refractivity contribution in [1.29, 1.82) is 0 Å². The van der Waals surface area contributed by atoms with E-state index in [1.165, 1.54) is 18.2 Å². The first-order chi connectivity index (χ1) is 12.4. The van der Waals surface area contributed by atoms with E-state index in [9.17, 15) is 18.0 Å². The van der Waals surface area contributed by atoms with Gasteiger partial charge >= 0.3 is 6.03 Å². The van der Waals surface area contributed by atoms with Gasteiger partial charge in [0.05, 0.1) is 5.69 Å². The molecule has 1 saturated heterocycles. The maximum atomic E-state index is 13.8. The van der Waals surface area contributed by atoms with Gasteiger partial charge in [0, 0.05) is 31.7 Å². The van der Waals surface area contributed by atoms with Crippen LogP contribution in [0.3, 0.4) is 0 Å². The lowest BCUT2D eigenvalue weighted by Crippen LogP contribution is -2.43. The van der Waals surface area contributed by atoms with E-state index in [4.69, 9.17) is 0 Å². The first-order valence-electron chi connectivity index (χ1n) is 8.42. The maximum absolute atomic E-state index is 13.8. The molecule has 2 amide bonds. The van der Waals surface area contributed by atoms with Gasteiger partial charge in [-0.25, -0.2) is 18.0 Å². The molecule has 7 heteroatoms. The van der Waals surface area contributed by atoms with Crippen molar-refractivity contribution in [3.8, 4) is 0 Å². The second-order valence-electron chi connectivity index (χ2n) is 6.44. The van der Waals surface area contributed by atoms with E-state index >= 15 is 0 Å². The smallest absolute Gasteiger partial charge is 0.315 e. The van der Waals surface area contributed by atoms with Crippen LogP contribution in [-0.2, 0) is 6.54 Å². The molecule has 0 radical (unpaired) electrons. The molecule has 2 N–H and O–H groups in total. The minimum Gasteiger partial charge on any atom is -0.367 e. The quantitative estimate of drug-likeness (QED) is 0.873. The van der Waals surface area contributed by atoms with Crippen LogP contribution in [-0.4, -0.2) is 25.2 Å². The van der Waals surface area contributed by atoms with Crippen LogP contribution in [0.15, 0.2) is 36.4 Å². The average molecular weight is 363 g/mol. The highest BCUT2D eigenvalue weighted by Crippen LogP contribution is 2.24. The zero-order chi connectivity index (χ0) is 18.7. The second kappa shape index (κ2) is 7.68. The van der Waals surface area contributed by atoms with Crippen LogP contribution in [0.25, 0.3) is 0 Å². The number of nitrogens with zero attached hydrogens (tertiary/aromatic N) is 1. The van der Waals surface area contributed by atoms with Crippen LogP contribution >= 0.6 is 0 Å². The summed E-state index contributed by atoms with van der Waals surface area (Å²) < 4.78 is 40.4. The summed E-state index contributed by atoms with van der Waals surface area (Å²) in [6.07, 6.45) is 0.656. The molecule has 2 aromatic rings. The Bertz CT molecular complexity index is 813. The second-order valence-corrected chi connectivity index (χ2v) is 6.44. The summed E-state index contributed by atoms with van der Waals surface area (Å²) in [5.74, 6) is -1.54. The fourth-order valence-electron chi connectivity index (χ4n) is 3.00. The molecule has 1 aliphatic heterocycles. The lowest BCUT2D eigenvalue weighted by Gasteiger charge is -2.20. The fourth-order valence-corrected chi connectivity index (χ4v) is 3.00. The van der Waals surface area contributed by atoms with E-state index in [-0.39, 0.29) is 24.4 Å². The minimum atomic E-state index is -0.618. The predicted octanol–water partition coefficient (Wildman–Crippen LogP) is 3.49. The van der Waals surface area contributed by atoms with Crippen LogP contribution in [0.4, 0.5) is 23.7 Å². The van der Waals surface area contributed by atoms with Crippen LogP contribution in [0.2, 0.25) is 0 Å². The summed E-state index contributed by atoms with van der Waals surface area (Å²) in [6, 6.07) is 7.77. The van der Waals surface area contributed by atoms with Gasteiger partial charge in [0.15, 0.2) is 0 Å². The Labute approximate surface area is 150 Å². The molecule has 0 aromatic heterocycles. The maximum Gasteiger partial charge on any atom is 0.315 e. The number of rotatable bonds is 4. The molecule has 1 atom stereocenters. The summed E-state index contributed by atoms with van der Waals surface area (Å²) in [6.45, 7) is 2.90. The van der Waals surface area contributed by atoms with Crippen molar-refractivity contribution < 1.29 is 18.0 Å². The topological polar surface area (TPSA) is 44.4 Å². The lowest BCUT2D eigenvalue weighted by atomic mass is 10.1. The summed E-state index contributed by atoms with van der Waals surface area (Å²) >= 11 is 0. The Morgan fingerprint density at radius 1 is 1.15 bits per heavy atom. The number of hydrogen-bond donors (Lipinski definition) is 2. The lowest BCUT2D eigenvalue weighted by molar-refractivity contribution is 0.237. The molecule has 0 aliphatic carbocycles. The number of nitrogens with one attached hydrogen (secondary N) is 2. The van der Waals surface area contributed by atoms with Crippen molar-refractivity contribution in [3.05, 3.63) is 65.0 Å². The summed E-state index contributed by atoms with van der Waals surface area (Å²) in [7, 11) is 0. The Morgan fingerprint density at radius 2 is 1.96 bits per heavy atom. The van der Waals surface area contributed by atoms with Crippen molar-refractivity contribution in [2.24, 2.45) is 0 Å². The van der Waals surface area contributed by atoms with Gasteiger partial charge in [-0.3, -0.25) is 0 Å². The van der Waals surface area contributed by atoms with Crippen molar-refractivity contribution in [2.45, 2.75) is 25.9 Å². The highest BCUT2D eigenvalue weighted by atomic mass is 19.1. The first kappa shape index (κ1) is 18.1. The molecule has 138 valence electrons. The van der Waals surface area contributed by atoms with Crippen molar-refractivity contribution in [2.75, 3.05) is 18.0 Å². The molecule has 3 rings (SSSR count). The van der Waals surface area contributed by atoms with Gasteiger partial charge < -0.3 is 15.5 Å². The van der Waals surface area contributed by atoms with E-state index < -0.39 is 11.6 Å². The third-order valence-electron chi connectivity index (χ3n) is 4.46. The number of amides is 2. The van der Waals surface area contributed by atoms with Crippen molar-refractivity contribution >= 4 is 11.7 Å². The van der Waals surface area contributed by atoms with Gasteiger partial charge in [-0.1, -0.05) is 12.1 Å². The third kappa shape index (κ3) is 4.28. The number of halogens is 3. The number of carbonyl (C=O) groups is 1. The van der Waals surface area contributed by atoms with Crippen LogP contribution in [0.5, 0.6) is 0 Å². The molecule has 4 nitrogen and oxygen atoms in total. The normalized spacial score (nSPS) is 16.6. The highest BCUT2D eigenvalue weighted by molar-refractivity contribution is 5.74. The first-order valence-corrected chi connectivity index (χ1v) is 8.42. The van der Waals surface area contributed by atoms with E-state index in [1.807, 2.05) is 0 Å². The molecule has 0 bridgehead atoms. The summed E-state index contributed by atoms with van der Waals surface area (Å²) in [5.41, 5.74) is 1.55. The number of benzene rings is 2. The number of carbonyl (C=O) groups excluding carboxylic acids is 1. The third-order valence-corrected chi connectivity index (χ3v) is 4.46. The molecule has 0 spiro atoms. The van der Waals surface area contributed by atoms with E-state index in [2.05, 4.69) is 10.6 Å². The SMILES string of the molecule is Cc1ccc(CNC(=O)NC2CCN(c3ccc(F)cc3F)C2)cc1F. The zero-order valence-corrected chi connectivity index (χ0v) is 14.4. The molecular formula is C19H20F3N3O. The van der Waals surface area contributed by atoms with Crippen molar-refractivity contribution in [3.63, 3.8) is 0 Å². The average Bonchev–Trinajstić information content (AvgIpc) is 3.04. The summed E-state index contributed by atoms with van der Waals surface area (Å²) in [4.78, 5) is 13.8. The minimum absolute atomic E-state index is 0.144. The van der Waals surface area contributed by atoms with Crippen molar-refractivity contribution in [1.82, 2.24) is 10.6 Å². The van der Waals surface area contributed by atoms with Gasteiger partial charge in [-0.15, -0.1) is 0 Å². The number of hydrogen-bond acceptors (Lipinski definition) is 2. The monoisotopic (exact) mass is 363 g/mol. The molecule has 0 saturated carbocycles. The Morgan fingerprint density at radius 3 is 2.69 bits per heavy atom. The van der Waals surface area contributed by atoms with E-state index in [1.54, 1.807) is 24.0 Å². The van der Waals surface area contributed by atoms with Gasteiger partial charge in [0.25, 0.3) is 0 Å². The van der Waals surface area contributed by atoms with Crippen LogP contribution in [0, 0.1) is 24.4 Å². The Kier molecular flexibility index (Phi) is 5.35.